The van der Waals surface area contributed by atoms with Crippen LogP contribution < -0.4 is 5.32 Å². The van der Waals surface area contributed by atoms with Gasteiger partial charge >= 0.3 is 0 Å². The van der Waals surface area contributed by atoms with Crippen molar-refractivity contribution >= 4 is 28.8 Å². The number of amidine groups is 1. The number of nitrogens with zero attached hydrogens (tertiary/aromatic N) is 2. The Bertz CT molecular complexity index is 1040. The number of fused-ring (bicyclic) bond motifs is 1. The zero-order valence-electron chi connectivity index (χ0n) is 14.5. The summed E-state index contributed by atoms with van der Waals surface area (Å²) < 4.78 is 18.6. The Morgan fingerprint density at radius 3 is 2.37 bits per heavy atom. The molecular formula is C21H16FN3O2. The number of para-hydroxylation sites is 2. The number of hydrogen-bond acceptors (Lipinski definition) is 4. The molecule has 2 aromatic carbocycles. The predicted octanol–water partition coefficient (Wildman–Crippen LogP) is 4.77. The van der Waals surface area contributed by atoms with Crippen LogP contribution in [0.25, 0.3) is 0 Å². The molecule has 0 saturated heterocycles. The monoisotopic (exact) mass is 361 g/mol. The van der Waals surface area contributed by atoms with E-state index in [1.165, 1.54) is 18.4 Å². The summed E-state index contributed by atoms with van der Waals surface area (Å²) in [7, 11) is 0. The predicted molar refractivity (Wildman–Crippen MR) is 102 cm³/mol. The maximum absolute atomic E-state index is 13.4. The van der Waals surface area contributed by atoms with Crippen molar-refractivity contribution < 1.29 is 13.6 Å². The summed E-state index contributed by atoms with van der Waals surface area (Å²) in [6.07, 6.45) is 1.43. The largest absolute Gasteiger partial charge is 0.459 e. The third-order valence-corrected chi connectivity index (χ3v) is 4.30. The minimum atomic E-state index is -0.420. The van der Waals surface area contributed by atoms with Crippen molar-refractivity contribution in [2.24, 2.45) is 9.98 Å². The first-order valence-electron chi connectivity index (χ1n) is 8.45. The zero-order chi connectivity index (χ0) is 18.8. The number of carbonyl (C=O) groups excluding carboxylic acids is 1. The molecule has 6 heteroatoms. The number of halogens is 1. The van der Waals surface area contributed by atoms with Gasteiger partial charge in [0.15, 0.2) is 5.76 Å². The van der Waals surface area contributed by atoms with Gasteiger partial charge in [-0.1, -0.05) is 24.3 Å². The van der Waals surface area contributed by atoms with E-state index in [1.807, 2.05) is 31.2 Å². The minimum Gasteiger partial charge on any atom is -0.459 e. The lowest BCUT2D eigenvalue weighted by atomic mass is 9.93. The SMILES string of the molecule is CC1=Nc2ccccc2N=C(NC(=O)c2ccco2)C1c1ccc(F)cc1. The highest BCUT2D eigenvalue weighted by Gasteiger charge is 2.27. The molecule has 1 atom stereocenters. The molecule has 134 valence electrons. The van der Waals surface area contributed by atoms with Gasteiger partial charge in [0, 0.05) is 5.71 Å². The van der Waals surface area contributed by atoms with Crippen molar-refractivity contribution in [1.29, 1.82) is 0 Å². The van der Waals surface area contributed by atoms with E-state index < -0.39 is 11.8 Å². The van der Waals surface area contributed by atoms with Gasteiger partial charge in [-0.2, -0.15) is 0 Å². The van der Waals surface area contributed by atoms with Crippen LogP contribution in [0, 0.1) is 5.82 Å². The summed E-state index contributed by atoms with van der Waals surface area (Å²) in [5.41, 5.74) is 2.88. The summed E-state index contributed by atoms with van der Waals surface area (Å²) in [5, 5.41) is 2.84. The second-order valence-corrected chi connectivity index (χ2v) is 6.15. The van der Waals surface area contributed by atoms with Crippen molar-refractivity contribution in [3.63, 3.8) is 0 Å². The van der Waals surface area contributed by atoms with E-state index in [1.54, 1.807) is 24.3 Å². The summed E-state index contributed by atoms with van der Waals surface area (Å²) >= 11 is 0. The Hall–Kier alpha value is -3.54. The van der Waals surface area contributed by atoms with E-state index in [0.29, 0.717) is 17.2 Å². The number of nitrogens with one attached hydrogen (secondary N) is 1. The molecule has 1 aliphatic rings. The van der Waals surface area contributed by atoms with Crippen molar-refractivity contribution in [2.75, 3.05) is 0 Å². The quantitative estimate of drug-likeness (QED) is 0.714. The van der Waals surface area contributed by atoms with Gasteiger partial charge < -0.3 is 9.73 Å². The Labute approximate surface area is 155 Å². The first-order valence-corrected chi connectivity index (χ1v) is 8.45. The highest BCUT2D eigenvalue weighted by atomic mass is 19.1. The molecule has 0 bridgehead atoms. The van der Waals surface area contributed by atoms with Gasteiger partial charge in [-0.05, 0) is 48.9 Å². The molecule has 1 amide bonds. The lowest BCUT2D eigenvalue weighted by molar-refractivity contribution is 0.0949. The molecule has 1 unspecified atom stereocenters. The summed E-state index contributed by atoms with van der Waals surface area (Å²) in [6.45, 7) is 1.87. The van der Waals surface area contributed by atoms with E-state index in [4.69, 9.17) is 4.42 Å². The van der Waals surface area contributed by atoms with Crippen LogP contribution in [-0.2, 0) is 0 Å². The summed E-state index contributed by atoms with van der Waals surface area (Å²) in [6, 6.07) is 16.8. The molecule has 27 heavy (non-hydrogen) atoms. The molecule has 2 heterocycles. The standard InChI is InChI=1S/C21H16FN3O2/c1-13-19(14-8-10-15(22)11-9-14)20(25-21(26)18-7-4-12-27-18)24-17-6-3-2-5-16(17)23-13/h2-12,19H,1H3,(H,24,25,26). The Morgan fingerprint density at radius 1 is 1.00 bits per heavy atom. The van der Waals surface area contributed by atoms with Crippen LogP contribution in [0.3, 0.4) is 0 Å². The number of furan rings is 1. The van der Waals surface area contributed by atoms with Crippen molar-refractivity contribution in [1.82, 2.24) is 5.32 Å². The third-order valence-electron chi connectivity index (χ3n) is 4.30. The van der Waals surface area contributed by atoms with Gasteiger partial charge in [-0.15, -0.1) is 0 Å². The molecule has 0 radical (unpaired) electrons. The average Bonchev–Trinajstić information content (AvgIpc) is 3.15. The molecular weight excluding hydrogens is 345 g/mol. The van der Waals surface area contributed by atoms with E-state index >= 15 is 0 Å². The van der Waals surface area contributed by atoms with Crippen LogP contribution in [0.1, 0.15) is 29.0 Å². The van der Waals surface area contributed by atoms with Gasteiger partial charge in [0.25, 0.3) is 5.91 Å². The second kappa shape index (κ2) is 6.99. The van der Waals surface area contributed by atoms with Crippen LogP contribution in [0.5, 0.6) is 0 Å². The smallest absolute Gasteiger partial charge is 0.292 e. The van der Waals surface area contributed by atoms with Crippen LogP contribution in [0.4, 0.5) is 15.8 Å². The molecule has 5 nitrogen and oxygen atoms in total. The van der Waals surface area contributed by atoms with Crippen LogP contribution in [0.2, 0.25) is 0 Å². The lowest BCUT2D eigenvalue weighted by Crippen LogP contribution is -2.37. The van der Waals surface area contributed by atoms with Gasteiger partial charge in [0.05, 0.1) is 23.6 Å². The molecule has 1 N–H and O–H groups in total. The van der Waals surface area contributed by atoms with E-state index in [9.17, 15) is 9.18 Å². The molecule has 1 aliphatic heterocycles. The van der Waals surface area contributed by atoms with Crippen molar-refractivity contribution in [2.45, 2.75) is 12.8 Å². The van der Waals surface area contributed by atoms with E-state index in [0.717, 1.165) is 11.3 Å². The summed E-state index contributed by atoms with van der Waals surface area (Å²) in [4.78, 5) is 21.9. The molecule has 0 fully saturated rings. The van der Waals surface area contributed by atoms with Crippen LogP contribution >= 0.6 is 0 Å². The number of aliphatic imine (C=N–C) groups is 2. The van der Waals surface area contributed by atoms with E-state index in [2.05, 4.69) is 15.3 Å². The van der Waals surface area contributed by atoms with Crippen molar-refractivity contribution in [3.05, 3.63) is 84.1 Å². The van der Waals surface area contributed by atoms with Crippen LogP contribution in [-0.4, -0.2) is 17.5 Å². The van der Waals surface area contributed by atoms with Gasteiger partial charge in [0.2, 0.25) is 0 Å². The minimum absolute atomic E-state index is 0.183. The third kappa shape index (κ3) is 3.42. The topological polar surface area (TPSA) is 67.0 Å². The lowest BCUT2D eigenvalue weighted by Gasteiger charge is -2.19. The van der Waals surface area contributed by atoms with Gasteiger partial charge in [0.1, 0.15) is 11.7 Å². The fourth-order valence-corrected chi connectivity index (χ4v) is 3.04. The average molecular weight is 361 g/mol. The molecule has 0 spiro atoms. The molecule has 0 aliphatic carbocycles. The zero-order valence-corrected chi connectivity index (χ0v) is 14.5. The maximum atomic E-state index is 13.4. The van der Waals surface area contributed by atoms with Gasteiger partial charge in [-0.3, -0.25) is 9.79 Å². The second-order valence-electron chi connectivity index (χ2n) is 6.15. The van der Waals surface area contributed by atoms with Gasteiger partial charge in [-0.25, -0.2) is 9.38 Å². The molecule has 1 aromatic heterocycles. The van der Waals surface area contributed by atoms with E-state index in [-0.39, 0.29) is 11.6 Å². The number of hydrogen-bond donors (Lipinski definition) is 1. The Kier molecular flexibility index (Phi) is 4.38. The normalized spacial score (nSPS) is 16.0. The number of carbonyl (C=O) groups is 1. The fraction of sp³-hybridized carbons (Fsp3) is 0.0952. The summed E-state index contributed by atoms with van der Waals surface area (Å²) in [5.74, 6) is -0.560. The first kappa shape index (κ1) is 16.9. The maximum Gasteiger partial charge on any atom is 0.292 e. The molecule has 3 aromatic rings. The number of rotatable bonds is 2. The Morgan fingerprint density at radius 2 is 1.70 bits per heavy atom. The Balaban J connectivity index is 1.81. The number of benzene rings is 2. The molecule has 4 rings (SSSR count). The van der Waals surface area contributed by atoms with Crippen LogP contribution in [0.15, 0.2) is 81.3 Å². The number of amides is 1. The highest BCUT2D eigenvalue weighted by molar-refractivity contribution is 6.18. The molecule has 0 saturated carbocycles. The first-order chi connectivity index (χ1) is 13.1. The van der Waals surface area contributed by atoms with Crippen molar-refractivity contribution in [3.8, 4) is 0 Å². The highest BCUT2D eigenvalue weighted by Crippen LogP contribution is 2.34. The fourth-order valence-electron chi connectivity index (χ4n) is 3.04.